The predicted octanol–water partition coefficient (Wildman–Crippen LogP) is 9.64. The Bertz CT molecular complexity index is 2400. The van der Waals surface area contributed by atoms with Gasteiger partial charge in [-0.05, 0) is 71.3 Å². The third kappa shape index (κ3) is 6.10. The molecule has 0 aliphatic carbocycles. The Morgan fingerprint density at radius 1 is 0.833 bits per heavy atom. The lowest BCUT2D eigenvalue weighted by atomic mass is 10.00. The largest absolute Gasteiger partial charge is 0.493 e. The molecule has 0 unspecified atom stereocenters. The van der Waals surface area contributed by atoms with Crippen molar-refractivity contribution in [2.45, 2.75) is 17.7 Å². The fraction of sp³-hybridized carbons (Fsp3) is 0.103. The Morgan fingerprint density at radius 3 is 2.27 bits per heavy atom. The summed E-state index contributed by atoms with van der Waals surface area (Å²) in [4.78, 5) is 17.6. The highest BCUT2D eigenvalue weighted by Gasteiger charge is 2.22. The molecular formula is C39H30FNO5S2. The Kier molecular flexibility index (Phi) is 8.33. The number of thiophene rings is 1. The standard InChI is InChI=1S/C39H30FNO5S2/c1-48(44,45)28-20-16-26(17-21-28)38-33(25-14-18-27(40)19-15-25)23-35(47-38)32-11-5-10-30-31(37(39(42)43)41-36(30)32)12-6-22-46-34-13-4-8-24-7-2-3-9-29(24)34/h2-5,7-11,13-21,23,41H,6,12,22H2,1H3,(H,42,43). The first-order valence-electron chi connectivity index (χ1n) is 15.4. The van der Waals surface area contributed by atoms with E-state index in [1.807, 2.05) is 66.7 Å². The summed E-state index contributed by atoms with van der Waals surface area (Å²) in [7, 11) is -3.37. The van der Waals surface area contributed by atoms with Crippen LogP contribution in [0, 0.1) is 5.82 Å². The zero-order chi connectivity index (χ0) is 33.4. The maximum atomic E-state index is 13.9. The second-order valence-electron chi connectivity index (χ2n) is 11.6. The highest BCUT2D eigenvalue weighted by atomic mass is 32.2. The molecule has 9 heteroatoms. The van der Waals surface area contributed by atoms with E-state index in [1.165, 1.54) is 29.7 Å². The van der Waals surface area contributed by atoms with Gasteiger partial charge in [-0.15, -0.1) is 11.3 Å². The number of aryl methyl sites for hydroxylation is 1. The summed E-state index contributed by atoms with van der Waals surface area (Å²) < 4.78 is 44.2. The number of aromatic carboxylic acids is 1. The zero-order valence-corrected chi connectivity index (χ0v) is 27.5. The van der Waals surface area contributed by atoms with E-state index < -0.39 is 15.8 Å². The first-order valence-corrected chi connectivity index (χ1v) is 18.1. The quantitative estimate of drug-likeness (QED) is 0.141. The van der Waals surface area contributed by atoms with Gasteiger partial charge in [0.25, 0.3) is 0 Å². The number of carboxylic acid groups (broad SMARTS) is 1. The van der Waals surface area contributed by atoms with Crippen LogP contribution in [0.4, 0.5) is 4.39 Å². The summed E-state index contributed by atoms with van der Waals surface area (Å²) in [6, 6.07) is 34.8. The SMILES string of the molecule is CS(=O)(=O)c1ccc(-c2sc(-c3cccc4c(CCCOc5cccc6ccccc56)c(C(=O)O)[nH]c34)cc2-c2ccc(F)cc2)cc1. The van der Waals surface area contributed by atoms with Crippen LogP contribution in [0.1, 0.15) is 22.5 Å². The van der Waals surface area contributed by atoms with Crippen LogP contribution < -0.4 is 4.74 Å². The second-order valence-corrected chi connectivity index (χ2v) is 14.7. The minimum absolute atomic E-state index is 0.148. The molecule has 2 N–H and O–H groups in total. The van der Waals surface area contributed by atoms with Gasteiger partial charge in [-0.3, -0.25) is 0 Å². The summed E-state index contributed by atoms with van der Waals surface area (Å²) in [6.07, 6.45) is 2.28. The highest BCUT2D eigenvalue weighted by Crippen LogP contribution is 2.45. The fourth-order valence-corrected chi connectivity index (χ4v) is 7.96. The second kappa shape index (κ2) is 12.7. The number of sulfone groups is 1. The zero-order valence-electron chi connectivity index (χ0n) is 25.9. The van der Waals surface area contributed by atoms with Crippen LogP contribution >= 0.6 is 11.3 Å². The van der Waals surface area contributed by atoms with Crippen molar-refractivity contribution in [2.75, 3.05) is 12.9 Å². The van der Waals surface area contributed by atoms with Gasteiger partial charge in [-0.25, -0.2) is 17.6 Å². The molecule has 0 saturated heterocycles. The van der Waals surface area contributed by atoms with Gasteiger partial charge in [0.05, 0.1) is 17.0 Å². The maximum Gasteiger partial charge on any atom is 0.352 e. The Morgan fingerprint density at radius 2 is 1.52 bits per heavy atom. The van der Waals surface area contributed by atoms with Gasteiger partial charge >= 0.3 is 5.97 Å². The molecule has 5 aromatic carbocycles. The molecule has 0 aliphatic rings. The number of aromatic nitrogens is 1. The van der Waals surface area contributed by atoms with Crippen LogP contribution in [0.3, 0.4) is 0 Å². The number of carboxylic acids is 1. The number of para-hydroxylation sites is 1. The number of benzene rings is 5. The summed E-state index contributed by atoms with van der Waals surface area (Å²) in [6.45, 7) is 0.423. The third-order valence-electron chi connectivity index (χ3n) is 8.43. The molecule has 2 aromatic heterocycles. The van der Waals surface area contributed by atoms with Crippen LogP contribution in [-0.4, -0.2) is 37.3 Å². The van der Waals surface area contributed by atoms with Crippen LogP contribution in [-0.2, 0) is 16.3 Å². The normalized spacial score (nSPS) is 11.7. The molecule has 0 fully saturated rings. The highest BCUT2D eigenvalue weighted by molar-refractivity contribution is 7.90. The van der Waals surface area contributed by atoms with Gasteiger partial charge in [0.1, 0.15) is 17.3 Å². The monoisotopic (exact) mass is 675 g/mol. The lowest BCUT2D eigenvalue weighted by Gasteiger charge is -2.09. The van der Waals surface area contributed by atoms with E-state index in [-0.39, 0.29) is 16.4 Å². The molecule has 0 spiro atoms. The molecule has 0 bridgehead atoms. The summed E-state index contributed by atoms with van der Waals surface area (Å²) in [5.41, 5.74) is 4.89. The maximum absolute atomic E-state index is 13.9. The van der Waals surface area contributed by atoms with E-state index in [9.17, 15) is 22.7 Å². The lowest BCUT2D eigenvalue weighted by molar-refractivity contribution is 0.0690. The number of hydrogen-bond donors (Lipinski definition) is 2. The number of rotatable bonds is 10. The molecule has 0 aliphatic heterocycles. The number of fused-ring (bicyclic) bond motifs is 2. The van der Waals surface area contributed by atoms with Gasteiger partial charge in [0, 0.05) is 37.9 Å². The molecule has 0 radical (unpaired) electrons. The molecule has 0 amide bonds. The van der Waals surface area contributed by atoms with Crippen molar-refractivity contribution >= 4 is 48.8 Å². The predicted molar refractivity (Wildman–Crippen MR) is 190 cm³/mol. The number of hydrogen-bond acceptors (Lipinski definition) is 5. The Hall–Kier alpha value is -5.25. The van der Waals surface area contributed by atoms with Gasteiger partial charge in [0.2, 0.25) is 0 Å². The average Bonchev–Trinajstić information content (AvgIpc) is 3.69. The van der Waals surface area contributed by atoms with Crippen LogP contribution in [0.25, 0.3) is 53.7 Å². The molecule has 0 saturated carbocycles. The van der Waals surface area contributed by atoms with Crippen molar-refractivity contribution in [2.24, 2.45) is 0 Å². The number of ether oxygens (including phenoxy) is 1. The van der Waals surface area contributed by atoms with Gasteiger partial charge in [-0.2, -0.15) is 0 Å². The van der Waals surface area contributed by atoms with E-state index in [4.69, 9.17) is 4.74 Å². The third-order valence-corrected chi connectivity index (χ3v) is 10.8. The molecule has 6 nitrogen and oxygen atoms in total. The fourth-order valence-electron chi connectivity index (χ4n) is 6.11. The van der Waals surface area contributed by atoms with E-state index in [0.717, 1.165) is 53.9 Å². The number of halogens is 1. The van der Waals surface area contributed by atoms with Crippen molar-refractivity contribution in [3.8, 4) is 37.8 Å². The van der Waals surface area contributed by atoms with Crippen molar-refractivity contribution < 1.29 is 27.4 Å². The molecule has 7 rings (SSSR count). The summed E-state index contributed by atoms with van der Waals surface area (Å²) in [5.74, 6) is -0.586. The van der Waals surface area contributed by atoms with E-state index in [0.29, 0.717) is 30.5 Å². The van der Waals surface area contributed by atoms with Gasteiger partial charge in [0.15, 0.2) is 9.84 Å². The van der Waals surface area contributed by atoms with E-state index in [2.05, 4.69) is 4.98 Å². The average molecular weight is 676 g/mol. The van der Waals surface area contributed by atoms with Gasteiger partial charge < -0.3 is 14.8 Å². The van der Waals surface area contributed by atoms with Crippen molar-refractivity contribution in [3.05, 3.63) is 132 Å². The molecule has 48 heavy (non-hydrogen) atoms. The first kappa shape index (κ1) is 31.4. The molecule has 240 valence electrons. The van der Waals surface area contributed by atoms with Gasteiger partial charge in [-0.1, -0.05) is 78.9 Å². The minimum atomic E-state index is -3.37. The number of nitrogens with one attached hydrogen (secondary N) is 1. The topological polar surface area (TPSA) is 96.5 Å². The lowest BCUT2D eigenvalue weighted by Crippen LogP contribution is -2.04. The number of aromatic amines is 1. The smallest absolute Gasteiger partial charge is 0.352 e. The van der Waals surface area contributed by atoms with Crippen LogP contribution in [0.2, 0.25) is 0 Å². The Labute approximate surface area is 281 Å². The summed E-state index contributed by atoms with van der Waals surface area (Å²) in [5, 5.41) is 13.1. The minimum Gasteiger partial charge on any atom is -0.493 e. The van der Waals surface area contributed by atoms with Crippen molar-refractivity contribution in [1.82, 2.24) is 4.98 Å². The first-order chi connectivity index (χ1) is 23.2. The van der Waals surface area contributed by atoms with Crippen molar-refractivity contribution in [1.29, 1.82) is 0 Å². The van der Waals surface area contributed by atoms with Crippen LogP contribution in [0.5, 0.6) is 5.75 Å². The molecular weight excluding hydrogens is 646 g/mol. The summed E-state index contributed by atoms with van der Waals surface area (Å²) >= 11 is 1.51. The molecule has 2 heterocycles. The number of carbonyl (C=O) groups is 1. The van der Waals surface area contributed by atoms with E-state index >= 15 is 0 Å². The Balaban J connectivity index is 1.25. The van der Waals surface area contributed by atoms with E-state index in [1.54, 1.807) is 36.4 Å². The molecule has 7 aromatic rings. The number of H-pyrrole nitrogens is 1. The van der Waals surface area contributed by atoms with Crippen molar-refractivity contribution in [3.63, 3.8) is 0 Å². The van der Waals surface area contributed by atoms with Crippen LogP contribution in [0.15, 0.2) is 120 Å². The molecule has 0 atom stereocenters.